The fourth-order valence-electron chi connectivity index (χ4n) is 3.76. The molecule has 2 aliphatic heterocycles. The molecule has 2 saturated heterocycles. The number of nitrogens with zero attached hydrogens (tertiary/aromatic N) is 1. The lowest BCUT2D eigenvalue weighted by Gasteiger charge is -2.30. The molecule has 0 aromatic carbocycles. The lowest BCUT2D eigenvalue weighted by atomic mass is 9.76. The fraction of sp³-hybridized carbons (Fsp3) is 0.941. The van der Waals surface area contributed by atoms with Crippen LogP contribution in [0, 0.1) is 11.3 Å². The number of ether oxygens (including phenoxy) is 1. The summed E-state index contributed by atoms with van der Waals surface area (Å²) in [7, 11) is 0. The zero-order chi connectivity index (χ0) is 14.4. The molecule has 2 fully saturated rings. The van der Waals surface area contributed by atoms with Gasteiger partial charge in [0.05, 0.1) is 0 Å². The van der Waals surface area contributed by atoms with Gasteiger partial charge < -0.3 is 9.64 Å². The number of carbonyl (C=O) groups is 1. The van der Waals surface area contributed by atoms with E-state index < -0.39 is 0 Å². The maximum absolute atomic E-state index is 12.4. The zero-order valence-electron chi connectivity index (χ0n) is 13.3. The predicted molar refractivity (Wildman–Crippen MR) is 81.6 cm³/mol. The van der Waals surface area contributed by atoms with E-state index >= 15 is 0 Å². The van der Waals surface area contributed by atoms with Gasteiger partial charge in [0.25, 0.3) is 0 Å². The van der Waals surface area contributed by atoms with Gasteiger partial charge in [0.2, 0.25) is 5.91 Å². The molecule has 3 heteroatoms. The molecule has 116 valence electrons. The molecule has 0 aromatic rings. The third-order valence-electron chi connectivity index (χ3n) is 5.69. The van der Waals surface area contributed by atoms with Crippen molar-refractivity contribution >= 4 is 5.91 Å². The second kappa shape index (κ2) is 7.44. The minimum Gasteiger partial charge on any atom is -0.381 e. The Kier molecular flexibility index (Phi) is 5.88. The summed E-state index contributed by atoms with van der Waals surface area (Å²) in [6.45, 7) is 8.31. The molecule has 1 amide bonds. The van der Waals surface area contributed by atoms with Crippen LogP contribution in [0.4, 0.5) is 0 Å². The van der Waals surface area contributed by atoms with Gasteiger partial charge in [-0.3, -0.25) is 4.79 Å². The van der Waals surface area contributed by atoms with Gasteiger partial charge >= 0.3 is 0 Å². The minimum atomic E-state index is 0.375. The first-order chi connectivity index (χ1) is 9.69. The molecular weight excluding hydrogens is 250 g/mol. The summed E-state index contributed by atoms with van der Waals surface area (Å²) in [5.41, 5.74) is 0.494. The Bertz CT molecular complexity index is 306. The van der Waals surface area contributed by atoms with Gasteiger partial charge in [-0.25, -0.2) is 0 Å². The Hall–Kier alpha value is -0.570. The first-order valence-corrected chi connectivity index (χ1v) is 8.54. The molecule has 0 radical (unpaired) electrons. The average Bonchev–Trinajstić information content (AvgIpc) is 2.90. The van der Waals surface area contributed by atoms with Crippen molar-refractivity contribution in [2.24, 2.45) is 11.3 Å². The van der Waals surface area contributed by atoms with Crippen molar-refractivity contribution < 1.29 is 9.53 Å². The molecule has 1 atom stereocenters. The lowest BCUT2D eigenvalue weighted by Crippen LogP contribution is -2.33. The Labute approximate surface area is 124 Å². The van der Waals surface area contributed by atoms with Gasteiger partial charge in [0, 0.05) is 32.7 Å². The van der Waals surface area contributed by atoms with Crippen molar-refractivity contribution in [2.45, 2.75) is 65.2 Å². The molecule has 1 unspecified atom stereocenters. The number of carbonyl (C=O) groups excluding carboxylic acids is 1. The van der Waals surface area contributed by atoms with Crippen molar-refractivity contribution in [2.75, 3.05) is 26.3 Å². The zero-order valence-corrected chi connectivity index (χ0v) is 13.3. The third-order valence-corrected chi connectivity index (χ3v) is 5.69. The van der Waals surface area contributed by atoms with Crippen molar-refractivity contribution in [3.8, 4) is 0 Å². The van der Waals surface area contributed by atoms with E-state index in [4.69, 9.17) is 4.74 Å². The van der Waals surface area contributed by atoms with E-state index in [9.17, 15) is 4.79 Å². The topological polar surface area (TPSA) is 29.5 Å². The first kappa shape index (κ1) is 15.8. The van der Waals surface area contributed by atoms with Crippen LogP contribution >= 0.6 is 0 Å². The summed E-state index contributed by atoms with van der Waals surface area (Å²) >= 11 is 0. The Morgan fingerprint density at radius 3 is 2.70 bits per heavy atom. The average molecular weight is 281 g/mol. The van der Waals surface area contributed by atoms with Gasteiger partial charge in [-0.2, -0.15) is 0 Å². The maximum atomic E-state index is 12.4. The van der Waals surface area contributed by atoms with Crippen LogP contribution in [0.25, 0.3) is 0 Å². The van der Waals surface area contributed by atoms with E-state index in [0.717, 1.165) is 45.6 Å². The normalized spacial score (nSPS) is 26.5. The molecule has 2 aliphatic rings. The number of hydrogen-bond donors (Lipinski definition) is 0. The van der Waals surface area contributed by atoms with Gasteiger partial charge in [-0.1, -0.05) is 26.7 Å². The second-order valence-electron chi connectivity index (χ2n) is 6.71. The van der Waals surface area contributed by atoms with E-state index in [1.807, 2.05) is 0 Å². The molecule has 2 rings (SSSR count). The molecule has 0 spiro atoms. The Balaban J connectivity index is 1.78. The van der Waals surface area contributed by atoms with Gasteiger partial charge in [0.15, 0.2) is 0 Å². The Morgan fingerprint density at radius 1 is 1.25 bits per heavy atom. The standard InChI is InChI=1S/C17H31NO2/c1-3-17(4-2)9-5-11-18(12-10-17)16(19)7-6-15-8-13-20-14-15/h15H,3-14H2,1-2H3. The predicted octanol–water partition coefficient (Wildman–Crippen LogP) is 3.62. The highest BCUT2D eigenvalue weighted by molar-refractivity contribution is 5.76. The highest BCUT2D eigenvalue weighted by atomic mass is 16.5. The summed E-state index contributed by atoms with van der Waals surface area (Å²) in [5, 5.41) is 0. The molecule has 0 saturated carbocycles. The van der Waals surface area contributed by atoms with E-state index in [1.165, 1.54) is 32.1 Å². The number of rotatable bonds is 5. The highest BCUT2D eigenvalue weighted by Gasteiger charge is 2.30. The Morgan fingerprint density at radius 2 is 2.05 bits per heavy atom. The number of amides is 1. The van der Waals surface area contributed by atoms with Crippen LogP contribution in [0.2, 0.25) is 0 Å². The van der Waals surface area contributed by atoms with Gasteiger partial charge in [-0.15, -0.1) is 0 Å². The van der Waals surface area contributed by atoms with Crippen LogP contribution in [0.5, 0.6) is 0 Å². The monoisotopic (exact) mass is 281 g/mol. The van der Waals surface area contributed by atoms with E-state index in [1.54, 1.807) is 0 Å². The molecular formula is C17H31NO2. The van der Waals surface area contributed by atoms with E-state index in [2.05, 4.69) is 18.7 Å². The van der Waals surface area contributed by atoms with Crippen molar-refractivity contribution in [1.82, 2.24) is 4.90 Å². The van der Waals surface area contributed by atoms with Crippen molar-refractivity contribution in [3.05, 3.63) is 0 Å². The van der Waals surface area contributed by atoms with Crippen LogP contribution in [-0.4, -0.2) is 37.1 Å². The second-order valence-corrected chi connectivity index (χ2v) is 6.71. The van der Waals surface area contributed by atoms with E-state index in [0.29, 0.717) is 17.2 Å². The molecule has 20 heavy (non-hydrogen) atoms. The molecule has 2 heterocycles. The van der Waals surface area contributed by atoms with E-state index in [-0.39, 0.29) is 0 Å². The fourth-order valence-corrected chi connectivity index (χ4v) is 3.76. The van der Waals surface area contributed by atoms with Crippen LogP contribution in [0.3, 0.4) is 0 Å². The van der Waals surface area contributed by atoms with Crippen LogP contribution in [-0.2, 0) is 9.53 Å². The summed E-state index contributed by atoms with van der Waals surface area (Å²) in [5.74, 6) is 0.996. The summed E-state index contributed by atoms with van der Waals surface area (Å²) in [6, 6.07) is 0. The molecule has 0 bridgehead atoms. The van der Waals surface area contributed by atoms with Crippen LogP contribution in [0.15, 0.2) is 0 Å². The quantitative estimate of drug-likeness (QED) is 0.770. The maximum Gasteiger partial charge on any atom is 0.222 e. The largest absolute Gasteiger partial charge is 0.381 e. The smallest absolute Gasteiger partial charge is 0.222 e. The lowest BCUT2D eigenvalue weighted by molar-refractivity contribution is -0.131. The van der Waals surface area contributed by atoms with Crippen molar-refractivity contribution in [1.29, 1.82) is 0 Å². The van der Waals surface area contributed by atoms with Crippen LogP contribution < -0.4 is 0 Å². The summed E-state index contributed by atoms with van der Waals surface area (Å²) < 4.78 is 5.39. The summed E-state index contributed by atoms with van der Waals surface area (Å²) in [4.78, 5) is 14.5. The highest BCUT2D eigenvalue weighted by Crippen LogP contribution is 2.38. The van der Waals surface area contributed by atoms with Gasteiger partial charge in [-0.05, 0) is 43.4 Å². The van der Waals surface area contributed by atoms with Crippen LogP contribution in [0.1, 0.15) is 65.2 Å². The first-order valence-electron chi connectivity index (χ1n) is 8.54. The van der Waals surface area contributed by atoms with Gasteiger partial charge in [0.1, 0.15) is 0 Å². The summed E-state index contributed by atoms with van der Waals surface area (Å²) in [6.07, 6.45) is 9.05. The molecule has 0 aromatic heterocycles. The minimum absolute atomic E-state index is 0.375. The number of likely N-dealkylation sites (tertiary alicyclic amines) is 1. The molecule has 0 N–H and O–H groups in total. The molecule has 0 aliphatic carbocycles. The number of hydrogen-bond acceptors (Lipinski definition) is 2. The molecule has 3 nitrogen and oxygen atoms in total. The van der Waals surface area contributed by atoms with Crippen molar-refractivity contribution in [3.63, 3.8) is 0 Å². The SMILES string of the molecule is CCC1(CC)CCCN(C(=O)CCC2CCOC2)CC1. The third kappa shape index (κ3) is 3.97.